The van der Waals surface area contributed by atoms with Crippen LogP contribution in [-0.2, 0) is 6.54 Å². The summed E-state index contributed by atoms with van der Waals surface area (Å²) in [6, 6.07) is 6.92. The third-order valence-electron chi connectivity index (χ3n) is 3.15. The SMILES string of the molecule is CCn1c(=NC(=O)c2ccc([N+](=O)[O-])o2)sc2cccc(F)c21. The fourth-order valence-corrected chi connectivity index (χ4v) is 3.26. The zero-order chi connectivity index (χ0) is 16.6. The third kappa shape index (κ3) is 2.66. The van der Waals surface area contributed by atoms with Crippen molar-refractivity contribution in [2.45, 2.75) is 13.5 Å². The summed E-state index contributed by atoms with van der Waals surface area (Å²) in [6.07, 6.45) is 0. The van der Waals surface area contributed by atoms with Gasteiger partial charge >= 0.3 is 11.8 Å². The van der Waals surface area contributed by atoms with E-state index >= 15 is 0 Å². The number of furan rings is 1. The van der Waals surface area contributed by atoms with Gasteiger partial charge in [0.05, 0.1) is 16.3 Å². The number of halogens is 1. The van der Waals surface area contributed by atoms with Gasteiger partial charge in [-0.05, 0) is 25.1 Å². The van der Waals surface area contributed by atoms with Crippen LogP contribution >= 0.6 is 11.3 Å². The highest BCUT2D eigenvalue weighted by Crippen LogP contribution is 2.21. The van der Waals surface area contributed by atoms with E-state index in [-0.39, 0.29) is 5.76 Å². The van der Waals surface area contributed by atoms with Gasteiger partial charge in [0.1, 0.15) is 10.7 Å². The Balaban J connectivity index is 2.11. The van der Waals surface area contributed by atoms with Crippen LogP contribution in [0.25, 0.3) is 10.2 Å². The van der Waals surface area contributed by atoms with Gasteiger partial charge in [-0.25, -0.2) is 4.39 Å². The Hall–Kier alpha value is -2.81. The number of aryl methyl sites for hydroxylation is 1. The average molecular weight is 335 g/mol. The van der Waals surface area contributed by atoms with Crippen LogP contribution in [0.2, 0.25) is 0 Å². The van der Waals surface area contributed by atoms with Gasteiger partial charge in [0, 0.05) is 6.54 Å². The minimum absolute atomic E-state index is 0.239. The highest BCUT2D eigenvalue weighted by Gasteiger charge is 2.17. The van der Waals surface area contributed by atoms with E-state index in [0.29, 0.717) is 21.6 Å². The smallest absolute Gasteiger partial charge is 0.395 e. The number of aromatic nitrogens is 1. The lowest BCUT2D eigenvalue weighted by Gasteiger charge is -2.00. The summed E-state index contributed by atoms with van der Waals surface area (Å²) >= 11 is 1.16. The normalized spacial score (nSPS) is 12.0. The molecule has 0 saturated carbocycles. The molecule has 3 aromatic rings. The Morgan fingerprint density at radius 3 is 2.87 bits per heavy atom. The number of hydrogen-bond acceptors (Lipinski definition) is 5. The first-order valence-electron chi connectivity index (χ1n) is 6.62. The van der Waals surface area contributed by atoms with Gasteiger partial charge in [-0.2, -0.15) is 4.99 Å². The van der Waals surface area contributed by atoms with Crippen molar-refractivity contribution in [1.29, 1.82) is 0 Å². The van der Waals surface area contributed by atoms with Crippen LogP contribution in [0.4, 0.5) is 10.3 Å². The summed E-state index contributed by atoms with van der Waals surface area (Å²) in [5.74, 6) is -1.93. The maximum atomic E-state index is 14.0. The van der Waals surface area contributed by atoms with E-state index in [1.165, 1.54) is 12.1 Å². The van der Waals surface area contributed by atoms with E-state index in [0.717, 1.165) is 17.4 Å². The standard InChI is InChI=1S/C14H10FN3O4S/c1-2-17-12-8(15)4-3-5-10(12)23-14(17)16-13(19)9-6-7-11(22-9)18(20)21/h3-7H,2H2,1H3. The number of rotatable bonds is 3. The molecule has 2 heterocycles. The lowest BCUT2D eigenvalue weighted by atomic mass is 10.3. The molecular formula is C14H10FN3O4S. The Kier molecular flexibility index (Phi) is 3.78. The van der Waals surface area contributed by atoms with Gasteiger partial charge in [0.2, 0.25) is 5.76 Å². The fraction of sp³-hybridized carbons (Fsp3) is 0.143. The maximum Gasteiger partial charge on any atom is 0.433 e. The molecule has 23 heavy (non-hydrogen) atoms. The Bertz CT molecular complexity index is 985. The number of carbonyl (C=O) groups excluding carboxylic acids is 1. The number of hydrogen-bond donors (Lipinski definition) is 0. The third-order valence-corrected chi connectivity index (χ3v) is 4.19. The monoisotopic (exact) mass is 335 g/mol. The molecule has 0 aliphatic carbocycles. The predicted molar refractivity (Wildman–Crippen MR) is 80.7 cm³/mol. The molecule has 0 aliphatic heterocycles. The topological polar surface area (TPSA) is 90.6 Å². The molecule has 0 N–H and O–H groups in total. The second-order valence-electron chi connectivity index (χ2n) is 4.53. The molecule has 0 saturated heterocycles. The Morgan fingerprint density at radius 1 is 1.43 bits per heavy atom. The second kappa shape index (κ2) is 5.76. The molecule has 0 spiro atoms. The molecule has 7 nitrogen and oxygen atoms in total. The summed E-state index contributed by atoms with van der Waals surface area (Å²) < 4.78 is 21.0. The summed E-state index contributed by atoms with van der Waals surface area (Å²) in [7, 11) is 0. The van der Waals surface area contributed by atoms with E-state index in [2.05, 4.69) is 4.99 Å². The minimum Gasteiger partial charge on any atom is -0.395 e. The molecule has 2 aromatic heterocycles. The molecule has 0 fully saturated rings. The van der Waals surface area contributed by atoms with Gasteiger partial charge in [-0.3, -0.25) is 14.9 Å². The number of fused-ring (bicyclic) bond motifs is 1. The zero-order valence-corrected chi connectivity index (χ0v) is 12.7. The zero-order valence-electron chi connectivity index (χ0n) is 11.9. The van der Waals surface area contributed by atoms with E-state index in [1.54, 1.807) is 23.6 Å². The summed E-state index contributed by atoms with van der Waals surface area (Å²) in [6.45, 7) is 2.23. The van der Waals surface area contributed by atoms with E-state index in [1.807, 2.05) is 0 Å². The van der Waals surface area contributed by atoms with Crippen LogP contribution in [-0.4, -0.2) is 15.4 Å². The lowest BCUT2D eigenvalue weighted by Crippen LogP contribution is -2.16. The second-order valence-corrected chi connectivity index (χ2v) is 5.54. The molecule has 1 amide bonds. The molecule has 0 unspecified atom stereocenters. The number of nitro groups is 1. The van der Waals surface area contributed by atoms with Gasteiger partial charge in [0.15, 0.2) is 4.80 Å². The van der Waals surface area contributed by atoms with Crippen molar-refractivity contribution in [2.24, 2.45) is 4.99 Å². The van der Waals surface area contributed by atoms with Crippen molar-refractivity contribution in [3.05, 3.63) is 56.8 Å². The number of para-hydroxylation sites is 1. The molecule has 0 aliphatic rings. The number of thiazole rings is 1. The van der Waals surface area contributed by atoms with Crippen LogP contribution in [0.3, 0.4) is 0 Å². The number of amides is 1. The van der Waals surface area contributed by atoms with Crippen LogP contribution in [0.5, 0.6) is 0 Å². The Morgan fingerprint density at radius 2 is 2.22 bits per heavy atom. The summed E-state index contributed by atoms with van der Waals surface area (Å²) in [4.78, 5) is 26.1. The van der Waals surface area contributed by atoms with Crippen molar-refractivity contribution in [3.8, 4) is 0 Å². The van der Waals surface area contributed by atoms with E-state index in [4.69, 9.17) is 4.42 Å². The average Bonchev–Trinajstić information content (AvgIpc) is 3.12. The van der Waals surface area contributed by atoms with Crippen molar-refractivity contribution in [1.82, 2.24) is 4.57 Å². The molecular weight excluding hydrogens is 325 g/mol. The van der Waals surface area contributed by atoms with Gasteiger partial charge in [0.25, 0.3) is 0 Å². The maximum absolute atomic E-state index is 14.0. The first kappa shape index (κ1) is 15.1. The lowest BCUT2D eigenvalue weighted by molar-refractivity contribution is -0.402. The number of carbonyl (C=O) groups is 1. The first-order valence-corrected chi connectivity index (χ1v) is 7.44. The molecule has 3 rings (SSSR count). The van der Waals surface area contributed by atoms with Crippen molar-refractivity contribution >= 4 is 33.3 Å². The molecule has 118 valence electrons. The van der Waals surface area contributed by atoms with Crippen LogP contribution < -0.4 is 4.80 Å². The van der Waals surface area contributed by atoms with Crippen molar-refractivity contribution in [2.75, 3.05) is 0 Å². The quantitative estimate of drug-likeness (QED) is 0.543. The number of nitrogens with zero attached hydrogens (tertiary/aromatic N) is 3. The highest BCUT2D eigenvalue weighted by molar-refractivity contribution is 7.16. The minimum atomic E-state index is -0.757. The fourth-order valence-electron chi connectivity index (χ4n) is 2.15. The summed E-state index contributed by atoms with van der Waals surface area (Å²) in [5.41, 5.74) is 0.372. The predicted octanol–water partition coefficient (Wildman–Crippen LogP) is 3.10. The van der Waals surface area contributed by atoms with Gasteiger partial charge in [-0.1, -0.05) is 17.4 Å². The van der Waals surface area contributed by atoms with E-state index < -0.39 is 22.5 Å². The molecule has 0 radical (unpaired) electrons. The van der Waals surface area contributed by atoms with Crippen LogP contribution in [0.15, 0.2) is 39.7 Å². The Labute approximate surface area is 132 Å². The van der Waals surface area contributed by atoms with Crippen LogP contribution in [0.1, 0.15) is 17.5 Å². The van der Waals surface area contributed by atoms with Crippen LogP contribution in [0, 0.1) is 15.9 Å². The van der Waals surface area contributed by atoms with Crippen molar-refractivity contribution in [3.63, 3.8) is 0 Å². The molecule has 9 heteroatoms. The first-order chi connectivity index (χ1) is 11.0. The summed E-state index contributed by atoms with van der Waals surface area (Å²) in [5, 5.41) is 10.6. The van der Waals surface area contributed by atoms with E-state index in [9.17, 15) is 19.3 Å². The molecule has 0 atom stereocenters. The molecule has 1 aromatic carbocycles. The number of benzene rings is 1. The van der Waals surface area contributed by atoms with Gasteiger partial charge < -0.3 is 8.98 Å². The highest BCUT2D eigenvalue weighted by atomic mass is 32.1. The van der Waals surface area contributed by atoms with Crippen molar-refractivity contribution < 1.29 is 18.5 Å². The molecule has 0 bridgehead atoms. The van der Waals surface area contributed by atoms with Gasteiger partial charge in [-0.15, -0.1) is 0 Å². The largest absolute Gasteiger partial charge is 0.433 e.